The first-order chi connectivity index (χ1) is 18.6. The van der Waals surface area contributed by atoms with Crippen molar-refractivity contribution in [2.24, 2.45) is 5.73 Å². The number of nitrogens with two attached hydrogens (primary N) is 1. The number of methoxy groups -OCH3 is 1. The Morgan fingerprint density at radius 1 is 0.975 bits per heavy atom. The number of aliphatic hydroxyl groups is 3. The molecule has 9 atom stereocenters. The number of hydrogen-bond donors (Lipinski definition) is 8. The van der Waals surface area contributed by atoms with Gasteiger partial charge in [-0.25, -0.2) is 4.79 Å². The summed E-state index contributed by atoms with van der Waals surface area (Å²) in [4.78, 5) is 72.1. The van der Waals surface area contributed by atoms with Crippen molar-refractivity contribution in [1.29, 1.82) is 0 Å². The molecule has 228 valence electrons. The lowest BCUT2D eigenvalue weighted by molar-refractivity contribution is -0.266. The van der Waals surface area contributed by atoms with Crippen LogP contribution in [0.4, 0.5) is 0 Å². The van der Waals surface area contributed by atoms with Crippen molar-refractivity contribution in [3.63, 3.8) is 0 Å². The molecule has 0 aromatic heterocycles. The summed E-state index contributed by atoms with van der Waals surface area (Å²) in [6.07, 6.45) is -7.62. The summed E-state index contributed by atoms with van der Waals surface area (Å²) in [5, 5.41) is 39.5. The number of carbonyl (C=O) groups is 6. The number of carbonyl (C=O) groups excluding carboxylic acids is 6. The fourth-order valence-corrected chi connectivity index (χ4v) is 3.74. The van der Waals surface area contributed by atoms with E-state index in [1.807, 2.05) is 0 Å². The van der Waals surface area contributed by atoms with Crippen molar-refractivity contribution >= 4 is 35.5 Å². The molecule has 17 heteroatoms. The second-order valence-electron chi connectivity index (χ2n) is 9.25. The number of esters is 1. The fraction of sp³-hybridized carbons (Fsp3) is 0.739. The molecule has 0 aliphatic carbocycles. The highest BCUT2D eigenvalue weighted by molar-refractivity contribution is 5.92. The summed E-state index contributed by atoms with van der Waals surface area (Å²) in [5.41, 5.74) is 5.32. The van der Waals surface area contributed by atoms with E-state index in [1.165, 1.54) is 20.8 Å². The highest BCUT2D eigenvalue weighted by atomic mass is 16.6. The van der Waals surface area contributed by atoms with Crippen LogP contribution in [0, 0.1) is 0 Å². The molecule has 17 nitrogen and oxygen atoms in total. The van der Waals surface area contributed by atoms with E-state index >= 15 is 0 Å². The van der Waals surface area contributed by atoms with Crippen molar-refractivity contribution in [1.82, 2.24) is 21.3 Å². The quantitative estimate of drug-likeness (QED) is 0.0905. The normalized spacial score (nSPS) is 25.4. The van der Waals surface area contributed by atoms with Crippen LogP contribution in [0.3, 0.4) is 0 Å². The molecule has 0 radical (unpaired) electrons. The van der Waals surface area contributed by atoms with Gasteiger partial charge in [0.1, 0.15) is 48.6 Å². The molecule has 5 unspecified atom stereocenters. The Labute approximate surface area is 230 Å². The van der Waals surface area contributed by atoms with Crippen LogP contribution < -0.4 is 27.0 Å². The number of rotatable bonds is 14. The highest BCUT2D eigenvalue weighted by Gasteiger charge is 2.47. The third-order valence-electron chi connectivity index (χ3n) is 5.98. The van der Waals surface area contributed by atoms with E-state index < -0.39 is 97.0 Å². The molecule has 0 spiro atoms. The smallest absolute Gasteiger partial charge is 0.328 e. The largest absolute Gasteiger partial charge is 0.467 e. The molecule has 40 heavy (non-hydrogen) atoms. The number of nitrogens with one attached hydrogen (secondary N) is 4. The van der Waals surface area contributed by atoms with Crippen LogP contribution in [0.2, 0.25) is 0 Å². The number of aliphatic hydroxyl groups excluding tert-OH is 3. The maximum Gasteiger partial charge on any atom is 0.328 e. The average Bonchev–Trinajstić information content (AvgIpc) is 2.88. The van der Waals surface area contributed by atoms with E-state index in [4.69, 9.17) is 15.2 Å². The first kappa shape index (κ1) is 34.6. The van der Waals surface area contributed by atoms with Gasteiger partial charge >= 0.3 is 5.97 Å². The average molecular weight is 578 g/mol. The summed E-state index contributed by atoms with van der Waals surface area (Å²) in [6, 6.07) is -4.69. The van der Waals surface area contributed by atoms with Gasteiger partial charge in [-0.05, 0) is 27.2 Å². The topological polar surface area (TPSA) is 265 Å². The molecular formula is C23H39N5O12. The molecule has 1 fully saturated rings. The summed E-state index contributed by atoms with van der Waals surface area (Å²) < 4.78 is 15.2. The molecule has 1 heterocycles. The summed E-state index contributed by atoms with van der Waals surface area (Å²) in [7, 11) is 1.16. The van der Waals surface area contributed by atoms with Crippen LogP contribution in [0.15, 0.2) is 0 Å². The molecule has 0 saturated carbocycles. The van der Waals surface area contributed by atoms with Gasteiger partial charge in [0, 0.05) is 13.3 Å². The second-order valence-corrected chi connectivity index (χ2v) is 9.25. The Hall–Kier alpha value is -3.38. The predicted molar refractivity (Wildman–Crippen MR) is 133 cm³/mol. The van der Waals surface area contributed by atoms with E-state index in [2.05, 4.69) is 26.0 Å². The minimum absolute atomic E-state index is 0.193. The summed E-state index contributed by atoms with van der Waals surface area (Å²) in [5.74, 6) is -4.43. The van der Waals surface area contributed by atoms with Crippen LogP contribution in [0.25, 0.3) is 0 Å². The van der Waals surface area contributed by atoms with E-state index in [0.717, 1.165) is 14.0 Å². The maximum atomic E-state index is 12.7. The van der Waals surface area contributed by atoms with Gasteiger partial charge in [-0.1, -0.05) is 0 Å². The minimum Gasteiger partial charge on any atom is -0.467 e. The molecule has 5 amide bonds. The monoisotopic (exact) mass is 577 g/mol. The predicted octanol–water partition coefficient (Wildman–Crippen LogP) is -4.73. The fourth-order valence-electron chi connectivity index (χ4n) is 3.74. The van der Waals surface area contributed by atoms with Gasteiger partial charge in [-0.3, -0.25) is 24.0 Å². The Bertz CT molecular complexity index is 934. The lowest BCUT2D eigenvalue weighted by atomic mass is 9.96. The molecule has 1 aliphatic heterocycles. The van der Waals surface area contributed by atoms with Crippen molar-refractivity contribution in [2.45, 2.75) is 95.4 Å². The zero-order valence-electron chi connectivity index (χ0n) is 22.9. The third-order valence-corrected chi connectivity index (χ3v) is 5.98. The van der Waals surface area contributed by atoms with E-state index in [9.17, 15) is 44.1 Å². The lowest BCUT2D eigenvalue weighted by Gasteiger charge is -2.43. The second kappa shape index (κ2) is 16.0. The Morgan fingerprint density at radius 2 is 1.60 bits per heavy atom. The standard InChI is InChI=1S/C23H39N5O12/c1-9(20(34)28-13(19(24)33)6-7-15(31)25-10(2)22(36)38-5)26-21(35)11(3)39-18-16(27-12(4)30)23(37)40-14(8-29)17(18)32/h9-11,13-14,16-18,23,29,32,37H,6-8H2,1-5H3,(H2,24,33)(H,25,31)(H,26,35)(H,27,30)(H,28,34)/t9-,10-,11+,13+,14?,16?,17?,18?,23?/m0/s1. The van der Waals surface area contributed by atoms with Gasteiger partial charge in [-0.2, -0.15) is 0 Å². The van der Waals surface area contributed by atoms with Crippen molar-refractivity contribution in [2.75, 3.05) is 13.7 Å². The van der Waals surface area contributed by atoms with Crippen molar-refractivity contribution in [3.05, 3.63) is 0 Å². The molecule has 0 aromatic rings. The lowest BCUT2D eigenvalue weighted by Crippen LogP contribution is -2.65. The number of hydrogen-bond acceptors (Lipinski definition) is 12. The van der Waals surface area contributed by atoms with E-state index in [1.54, 1.807) is 0 Å². The van der Waals surface area contributed by atoms with Crippen molar-refractivity contribution in [3.8, 4) is 0 Å². The maximum absolute atomic E-state index is 12.7. The van der Waals surface area contributed by atoms with Crippen LogP contribution in [0.5, 0.6) is 0 Å². The van der Waals surface area contributed by atoms with Crippen LogP contribution in [0.1, 0.15) is 40.5 Å². The number of primary amides is 1. The van der Waals surface area contributed by atoms with Crippen LogP contribution in [-0.4, -0.2) is 119 Å². The van der Waals surface area contributed by atoms with Gasteiger partial charge in [0.2, 0.25) is 29.5 Å². The van der Waals surface area contributed by atoms with Gasteiger partial charge in [0.05, 0.1) is 13.7 Å². The first-order valence-electron chi connectivity index (χ1n) is 12.4. The number of ether oxygens (including phenoxy) is 3. The van der Waals surface area contributed by atoms with Crippen molar-refractivity contribution < 1.29 is 58.3 Å². The Kier molecular flexibility index (Phi) is 13.9. The number of amides is 5. The molecule has 1 aliphatic rings. The van der Waals surface area contributed by atoms with Gasteiger partial charge < -0.3 is 56.5 Å². The Morgan fingerprint density at radius 3 is 2.12 bits per heavy atom. The summed E-state index contributed by atoms with van der Waals surface area (Å²) in [6.45, 7) is 4.46. The van der Waals surface area contributed by atoms with Gasteiger partial charge in [-0.15, -0.1) is 0 Å². The highest BCUT2D eigenvalue weighted by Crippen LogP contribution is 2.23. The van der Waals surface area contributed by atoms with Gasteiger partial charge in [0.15, 0.2) is 6.29 Å². The zero-order valence-corrected chi connectivity index (χ0v) is 22.9. The SMILES string of the molecule is COC(=O)[C@H](C)NC(=O)CC[C@@H](NC(=O)[C@H](C)NC(=O)[C@@H](C)OC1C(O)C(CO)OC(O)C1NC(C)=O)C(N)=O. The Balaban J connectivity index is 2.75. The van der Waals surface area contributed by atoms with E-state index in [0.29, 0.717) is 0 Å². The molecule has 0 bridgehead atoms. The van der Waals surface area contributed by atoms with E-state index in [-0.39, 0.29) is 12.8 Å². The molecular weight excluding hydrogens is 538 g/mol. The van der Waals surface area contributed by atoms with Crippen LogP contribution in [-0.2, 0) is 43.0 Å². The minimum atomic E-state index is -1.66. The molecule has 9 N–H and O–H groups in total. The summed E-state index contributed by atoms with van der Waals surface area (Å²) >= 11 is 0. The van der Waals surface area contributed by atoms with Crippen LogP contribution >= 0.6 is 0 Å². The first-order valence-corrected chi connectivity index (χ1v) is 12.4. The molecule has 1 rings (SSSR count). The molecule has 1 saturated heterocycles. The van der Waals surface area contributed by atoms with Gasteiger partial charge in [0.25, 0.3) is 0 Å². The molecule has 0 aromatic carbocycles. The zero-order chi connectivity index (χ0) is 30.7. The third kappa shape index (κ3) is 10.3.